The minimum absolute atomic E-state index is 0.0189. The highest BCUT2D eigenvalue weighted by Crippen LogP contribution is 2.20. The molecule has 4 aromatic rings. The van der Waals surface area contributed by atoms with Crippen molar-refractivity contribution in [3.8, 4) is 11.4 Å². The molecule has 0 aliphatic carbocycles. The van der Waals surface area contributed by atoms with Crippen LogP contribution in [0.4, 0.5) is 0 Å². The fraction of sp³-hybridized carbons (Fsp3) is 0.194. The van der Waals surface area contributed by atoms with E-state index in [1.54, 1.807) is 65.6 Å². The van der Waals surface area contributed by atoms with Gasteiger partial charge in [0.25, 0.3) is 22.9 Å². The van der Waals surface area contributed by atoms with Gasteiger partial charge in [0.1, 0.15) is 11.4 Å². The van der Waals surface area contributed by atoms with Crippen LogP contribution in [0.3, 0.4) is 0 Å². The lowest BCUT2D eigenvalue weighted by Gasteiger charge is -2.17. The summed E-state index contributed by atoms with van der Waals surface area (Å²) in [6, 6.07) is 17.7. The van der Waals surface area contributed by atoms with E-state index in [1.807, 2.05) is 12.1 Å². The van der Waals surface area contributed by atoms with Crippen molar-refractivity contribution in [3.63, 3.8) is 0 Å². The molecule has 2 aromatic heterocycles. The Bertz CT molecular complexity index is 1840. The second-order valence-electron chi connectivity index (χ2n) is 9.79. The van der Waals surface area contributed by atoms with Gasteiger partial charge in [0, 0.05) is 39.2 Å². The fourth-order valence-corrected chi connectivity index (χ4v) is 4.96. The zero-order valence-electron chi connectivity index (χ0n) is 23.7. The van der Waals surface area contributed by atoms with Gasteiger partial charge in [-0.25, -0.2) is 9.36 Å². The highest BCUT2D eigenvalue weighted by atomic mass is 16.2. The number of nitrogens with zero attached hydrogens (tertiary/aromatic N) is 3. The Hall–Kier alpha value is -5.65. The number of nitrogens with one attached hydrogen (secondary N) is 4. The summed E-state index contributed by atoms with van der Waals surface area (Å²) < 4.78 is 2.57. The lowest BCUT2D eigenvalue weighted by Crippen LogP contribution is -2.24. The number of H-pyrrole nitrogens is 2. The largest absolute Gasteiger partial charge is 0.354 e. The third-order valence-electron chi connectivity index (χ3n) is 7.17. The van der Waals surface area contributed by atoms with Crippen molar-refractivity contribution in [2.24, 2.45) is 0 Å². The van der Waals surface area contributed by atoms with E-state index >= 15 is 0 Å². The van der Waals surface area contributed by atoms with Crippen LogP contribution in [0, 0.1) is 0 Å². The first-order chi connectivity index (χ1) is 20.8. The van der Waals surface area contributed by atoms with Gasteiger partial charge >= 0.3 is 0 Å². The summed E-state index contributed by atoms with van der Waals surface area (Å²) in [5.74, 6) is -1.06. The van der Waals surface area contributed by atoms with Crippen LogP contribution < -0.4 is 21.8 Å². The Morgan fingerprint density at radius 1 is 0.814 bits per heavy atom. The Morgan fingerprint density at radius 3 is 1.93 bits per heavy atom. The molecule has 4 N–H and O–H groups in total. The molecule has 43 heavy (non-hydrogen) atoms. The zero-order chi connectivity index (χ0) is 30.5. The van der Waals surface area contributed by atoms with E-state index in [2.05, 4.69) is 20.8 Å². The molecule has 1 aliphatic rings. The summed E-state index contributed by atoms with van der Waals surface area (Å²) in [7, 11) is 2.94. The smallest absolute Gasteiger partial charge is 0.279 e. The SMILES string of the molecule is CNC(=O)c1[nH]n(-c2ccccc2)c(=O)c1C=CC(=CCc1c(C(=O)NC)[nH]n(-c2ccccc2)c1=O)N1CCCC1=O. The number of amides is 3. The first-order valence-corrected chi connectivity index (χ1v) is 13.8. The maximum atomic E-state index is 13.5. The average Bonchev–Trinajstić information content (AvgIpc) is 3.72. The van der Waals surface area contributed by atoms with Crippen molar-refractivity contribution in [3.05, 3.63) is 122 Å². The number of aromatic amines is 2. The molecule has 0 unspecified atom stereocenters. The third kappa shape index (κ3) is 5.75. The maximum absolute atomic E-state index is 13.5. The van der Waals surface area contributed by atoms with Crippen LogP contribution in [-0.2, 0) is 11.2 Å². The van der Waals surface area contributed by atoms with Crippen molar-refractivity contribution in [2.45, 2.75) is 19.3 Å². The first kappa shape index (κ1) is 28.9. The molecule has 0 spiro atoms. The second-order valence-corrected chi connectivity index (χ2v) is 9.79. The topological polar surface area (TPSA) is 154 Å². The molecule has 3 heterocycles. The highest BCUT2D eigenvalue weighted by molar-refractivity contribution is 5.96. The molecular formula is C31H31N7O5. The molecule has 0 saturated carbocycles. The molecule has 5 rings (SSSR count). The van der Waals surface area contributed by atoms with Crippen LogP contribution >= 0.6 is 0 Å². The predicted molar refractivity (Wildman–Crippen MR) is 161 cm³/mol. The minimum Gasteiger partial charge on any atom is -0.354 e. The first-order valence-electron chi connectivity index (χ1n) is 13.8. The average molecular weight is 582 g/mol. The van der Waals surface area contributed by atoms with E-state index in [1.165, 1.54) is 29.5 Å². The van der Waals surface area contributed by atoms with Crippen LogP contribution in [-0.4, -0.2) is 62.8 Å². The van der Waals surface area contributed by atoms with Gasteiger partial charge in [-0.2, -0.15) is 0 Å². The van der Waals surface area contributed by atoms with Crippen molar-refractivity contribution in [1.82, 2.24) is 35.1 Å². The highest BCUT2D eigenvalue weighted by Gasteiger charge is 2.25. The molecule has 3 amide bonds. The van der Waals surface area contributed by atoms with E-state index in [0.29, 0.717) is 36.5 Å². The summed E-state index contributed by atoms with van der Waals surface area (Å²) in [6.45, 7) is 0.447. The number of allylic oxidation sites excluding steroid dienone is 2. The van der Waals surface area contributed by atoms with Crippen molar-refractivity contribution in [2.75, 3.05) is 20.6 Å². The Kier molecular flexibility index (Phi) is 8.37. The van der Waals surface area contributed by atoms with Crippen LogP contribution in [0.1, 0.15) is 44.9 Å². The zero-order valence-corrected chi connectivity index (χ0v) is 23.7. The number of benzene rings is 2. The molecule has 0 atom stereocenters. The standard InChI is InChI=1S/C31H31N7O5/c1-32-28(40)26-23(30(42)37(34-26)21-10-5-3-6-11-21)17-15-20(36-19-9-14-25(36)39)16-18-24-27(29(41)33-2)35-38(31(24)43)22-12-7-4-8-13-22/h3-8,10-13,15-17,34-35H,9,14,18-19H2,1-2H3,(H,32,40)(H,33,41). The minimum atomic E-state index is -0.488. The normalized spacial score (nSPS) is 13.6. The van der Waals surface area contributed by atoms with E-state index in [9.17, 15) is 24.0 Å². The molecule has 2 aromatic carbocycles. The molecule has 12 heteroatoms. The predicted octanol–water partition coefficient (Wildman–Crippen LogP) is 2.13. The molecule has 1 saturated heterocycles. The van der Waals surface area contributed by atoms with E-state index in [-0.39, 0.29) is 34.8 Å². The molecular weight excluding hydrogens is 550 g/mol. The molecule has 0 bridgehead atoms. The molecule has 1 fully saturated rings. The molecule has 220 valence electrons. The molecule has 1 aliphatic heterocycles. The number of para-hydroxylation sites is 2. The number of carbonyl (C=O) groups is 3. The van der Waals surface area contributed by atoms with Crippen molar-refractivity contribution < 1.29 is 14.4 Å². The lowest BCUT2D eigenvalue weighted by molar-refractivity contribution is -0.125. The quantitative estimate of drug-likeness (QED) is 0.223. The number of aromatic nitrogens is 4. The van der Waals surface area contributed by atoms with Gasteiger partial charge in [-0.05, 0) is 42.8 Å². The van der Waals surface area contributed by atoms with Gasteiger partial charge in [-0.3, -0.25) is 34.2 Å². The van der Waals surface area contributed by atoms with Crippen molar-refractivity contribution >= 4 is 23.8 Å². The lowest BCUT2D eigenvalue weighted by atomic mass is 10.1. The molecule has 0 radical (unpaired) electrons. The number of carbonyl (C=O) groups excluding carboxylic acids is 3. The fourth-order valence-electron chi connectivity index (χ4n) is 4.96. The van der Waals surface area contributed by atoms with Gasteiger partial charge in [0.05, 0.1) is 22.5 Å². The number of hydrogen-bond acceptors (Lipinski definition) is 5. The van der Waals surface area contributed by atoms with Gasteiger partial charge in [-0.1, -0.05) is 42.5 Å². The summed E-state index contributed by atoms with van der Waals surface area (Å²) in [4.78, 5) is 66.6. The third-order valence-corrected chi connectivity index (χ3v) is 7.17. The summed E-state index contributed by atoms with van der Waals surface area (Å²) >= 11 is 0. The van der Waals surface area contributed by atoms with Crippen LogP contribution in [0.5, 0.6) is 0 Å². The maximum Gasteiger partial charge on any atom is 0.279 e. The van der Waals surface area contributed by atoms with Crippen molar-refractivity contribution in [1.29, 1.82) is 0 Å². The van der Waals surface area contributed by atoms with E-state index < -0.39 is 22.9 Å². The summed E-state index contributed by atoms with van der Waals surface area (Å²) in [5, 5.41) is 10.9. The number of likely N-dealkylation sites (tertiary alicyclic amines) is 1. The number of hydrogen-bond donors (Lipinski definition) is 4. The van der Waals surface area contributed by atoms with Crippen LogP contribution in [0.15, 0.2) is 88.1 Å². The molecule has 12 nitrogen and oxygen atoms in total. The van der Waals surface area contributed by atoms with E-state index in [0.717, 1.165) is 0 Å². The van der Waals surface area contributed by atoms with Gasteiger partial charge < -0.3 is 15.5 Å². The Balaban J connectivity index is 1.58. The summed E-state index contributed by atoms with van der Waals surface area (Å²) in [6.07, 6.45) is 5.76. The monoisotopic (exact) mass is 581 g/mol. The van der Waals surface area contributed by atoms with E-state index in [4.69, 9.17) is 0 Å². The van der Waals surface area contributed by atoms with Gasteiger partial charge in [-0.15, -0.1) is 0 Å². The second kappa shape index (κ2) is 12.5. The van der Waals surface area contributed by atoms with Gasteiger partial charge in [0.15, 0.2) is 0 Å². The van der Waals surface area contributed by atoms with Gasteiger partial charge in [0.2, 0.25) is 5.91 Å². The Labute approximate surface area is 246 Å². The Morgan fingerprint density at radius 2 is 1.37 bits per heavy atom. The number of rotatable bonds is 9. The van der Waals surface area contributed by atoms with Crippen LogP contribution in [0.25, 0.3) is 17.5 Å². The van der Waals surface area contributed by atoms with Crippen LogP contribution in [0.2, 0.25) is 0 Å². The summed E-state index contributed by atoms with van der Waals surface area (Å²) in [5.41, 5.74) is 1.15.